The van der Waals surface area contributed by atoms with Gasteiger partial charge in [0.2, 0.25) is 0 Å². The second-order valence-corrected chi connectivity index (χ2v) is 6.15. The van der Waals surface area contributed by atoms with Crippen molar-refractivity contribution < 1.29 is 4.74 Å². The molecular formula is C18H22BrNO. The van der Waals surface area contributed by atoms with Crippen molar-refractivity contribution >= 4 is 15.9 Å². The Bertz CT molecular complexity index is 563. The van der Waals surface area contributed by atoms with E-state index >= 15 is 0 Å². The van der Waals surface area contributed by atoms with Crippen molar-refractivity contribution in [3.8, 4) is 5.75 Å². The van der Waals surface area contributed by atoms with Crippen molar-refractivity contribution in [2.24, 2.45) is 0 Å². The van der Waals surface area contributed by atoms with Crippen LogP contribution in [0.1, 0.15) is 23.1 Å². The Morgan fingerprint density at radius 1 is 1.05 bits per heavy atom. The van der Waals surface area contributed by atoms with E-state index in [2.05, 4.69) is 71.5 Å². The fourth-order valence-electron chi connectivity index (χ4n) is 2.28. The van der Waals surface area contributed by atoms with Gasteiger partial charge in [0.15, 0.2) is 0 Å². The van der Waals surface area contributed by atoms with Gasteiger partial charge in [-0.05, 0) is 55.6 Å². The predicted molar refractivity (Wildman–Crippen MR) is 91.9 cm³/mol. The smallest absolute Gasteiger partial charge is 0.125 e. The molecule has 3 heteroatoms. The molecule has 0 aromatic heterocycles. The van der Waals surface area contributed by atoms with Gasteiger partial charge in [-0.25, -0.2) is 0 Å². The van der Waals surface area contributed by atoms with Gasteiger partial charge >= 0.3 is 0 Å². The lowest BCUT2D eigenvalue weighted by atomic mass is 10.1. The monoisotopic (exact) mass is 347 g/mol. The quantitative estimate of drug-likeness (QED) is 0.737. The van der Waals surface area contributed by atoms with Crippen molar-refractivity contribution in [2.75, 3.05) is 13.2 Å². The van der Waals surface area contributed by atoms with Gasteiger partial charge in [-0.2, -0.15) is 0 Å². The van der Waals surface area contributed by atoms with Crippen LogP contribution in [0.2, 0.25) is 0 Å². The highest BCUT2D eigenvalue weighted by Gasteiger charge is 2.02. The van der Waals surface area contributed by atoms with Crippen molar-refractivity contribution in [3.05, 3.63) is 63.6 Å². The summed E-state index contributed by atoms with van der Waals surface area (Å²) < 4.78 is 7.02. The molecule has 2 aromatic carbocycles. The lowest BCUT2D eigenvalue weighted by molar-refractivity contribution is 0.304. The SMILES string of the molecule is Cc1cccc(C)c1OCCCNCc1cccc(Br)c1. The number of para-hydroxylation sites is 1. The van der Waals surface area contributed by atoms with E-state index in [1.165, 1.54) is 16.7 Å². The van der Waals surface area contributed by atoms with Gasteiger partial charge in [-0.1, -0.05) is 46.3 Å². The number of hydrogen-bond acceptors (Lipinski definition) is 2. The Kier molecular flexibility index (Phi) is 6.27. The Morgan fingerprint density at radius 2 is 1.76 bits per heavy atom. The third kappa shape index (κ3) is 5.18. The Labute approximate surface area is 135 Å². The first-order valence-electron chi connectivity index (χ1n) is 7.31. The molecular weight excluding hydrogens is 326 g/mol. The number of benzene rings is 2. The second-order valence-electron chi connectivity index (χ2n) is 5.23. The van der Waals surface area contributed by atoms with Gasteiger partial charge in [0.25, 0.3) is 0 Å². The molecule has 2 aromatic rings. The summed E-state index contributed by atoms with van der Waals surface area (Å²) in [7, 11) is 0. The minimum Gasteiger partial charge on any atom is -0.493 e. The molecule has 0 bridgehead atoms. The molecule has 0 unspecified atom stereocenters. The van der Waals surface area contributed by atoms with E-state index in [9.17, 15) is 0 Å². The highest BCUT2D eigenvalue weighted by atomic mass is 79.9. The molecule has 112 valence electrons. The molecule has 0 aliphatic heterocycles. The highest BCUT2D eigenvalue weighted by Crippen LogP contribution is 2.22. The average molecular weight is 348 g/mol. The normalized spacial score (nSPS) is 10.6. The lowest BCUT2D eigenvalue weighted by Gasteiger charge is -2.12. The molecule has 0 aliphatic rings. The highest BCUT2D eigenvalue weighted by molar-refractivity contribution is 9.10. The fraction of sp³-hybridized carbons (Fsp3) is 0.333. The van der Waals surface area contributed by atoms with Gasteiger partial charge < -0.3 is 10.1 Å². The summed E-state index contributed by atoms with van der Waals surface area (Å²) in [6.07, 6.45) is 1.00. The Balaban J connectivity index is 1.66. The maximum atomic E-state index is 5.89. The van der Waals surface area contributed by atoms with E-state index in [1.807, 2.05) is 6.07 Å². The standard InChI is InChI=1S/C18H22BrNO/c1-14-6-3-7-15(2)18(14)21-11-5-10-20-13-16-8-4-9-17(19)12-16/h3-4,6-9,12,20H,5,10-11,13H2,1-2H3. The van der Waals surface area contributed by atoms with Crippen LogP contribution in [0.15, 0.2) is 46.9 Å². The minimum absolute atomic E-state index is 0.747. The first kappa shape index (κ1) is 16.1. The third-order valence-electron chi connectivity index (χ3n) is 3.37. The van der Waals surface area contributed by atoms with Gasteiger partial charge in [0, 0.05) is 11.0 Å². The molecule has 0 radical (unpaired) electrons. The molecule has 0 saturated carbocycles. The van der Waals surface area contributed by atoms with Gasteiger partial charge in [0.1, 0.15) is 5.75 Å². The van der Waals surface area contributed by atoms with Crippen LogP contribution >= 0.6 is 15.9 Å². The van der Waals surface area contributed by atoms with Gasteiger partial charge in [-0.3, -0.25) is 0 Å². The van der Waals surface area contributed by atoms with Crippen LogP contribution in [0, 0.1) is 13.8 Å². The zero-order chi connectivity index (χ0) is 15.1. The predicted octanol–water partition coefficient (Wildman–Crippen LogP) is 4.62. The third-order valence-corrected chi connectivity index (χ3v) is 3.86. The molecule has 0 spiro atoms. The second kappa shape index (κ2) is 8.20. The van der Waals surface area contributed by atoms with Crippen LogP contribution < -0.4 is 10.1 Å². The minimum atomic E-state index is 0.747. The summed E-state index contributed by atoms with van der Waals surface area (Å²) in [4.78, 5) is 0. The van der Waals surface area contributed by atoms with E-state index in [0.717, 1.165) is 36.3 Å². The molecule has 2 nitrogen and oxygen atoms in total. The summed E-state index contributed by atoms with van der Waals surface area (Å²) in [5, 5.41) is 3.44. The number of rotatable bonds is 7. The van der Waals surface area contributed by atoms with Crippen molar-refractivity contribution in [1.29, 1.82) is 0 Å². The van der Waals surface area contributed by atoms with Crippen LogP contribution in [-0.4, -0.2) is 13.2 Å². The van der Waals surface area contributed by atoms with E-state index in [1.54, 1.807) is 0 Å². The van der Waals surface area contributed by atoms with Gasteiger partial charge in [0.05, 0.1) is 6.61 Å². The molecule has 0 heterocycles. The number of ether oxygens (including phenoxy) is 1. The summed E-state index contributed by atoms with van der Waals surface area (Å²) in [5.74, 6) is 1.03. The van der Waals surface area contributed by atoms with E-state index in [4.69, 9.17) is 4.74 Å². The molecule has 21 heavy (non-hydrogen) atoms. The summed E-state index contributed by atoms with van der Waals surface area (Å²) in [5.41, 5.74) is 3.70. The largest absolute Gasteiger partial charge is 0.493 e. The maximum absolute atomic E-state index is 5.89. The van der Waals surface area contributed by atoms with Crippen LogP contribution in [0.3, 0.4) is 0 Å². The van der Waals surface area contributed by atoms with Crippen LogP contribution in [0.25, 0.3) is 0 Å². The first-order chi connectivity index (χ1) is 10.2. The maximum Gasteiger partial charge on any atom is 0.125 e. The molecule has 0 amide bonds. The number of hydrogen-bond donors (Lipinski definition) is 1. The number of aryl methyl sites for hydroxylation is 2. The molecule has 1 N–H and O–H groups in total. The van der Waals surface area contributed by atoms with Crippen molar-refractivity contribution in [3.63, 3.8) is 0 Å². The Morgan fingerprint density at radius 3 is 2.48 bits per heavy atom. The fourth-order valence-corrected chi connectivity index (χ4v) is 2.72. The Hall–Kier alpha value is -1.32. The lowest BCUT2D eigenvalue weighted by Crippen LogP contribution is -2.17. The zero-order valence-corrected chi connectivity index (χ0v) is 14.2. The van der Waals surface area contributed by atoms with Crippen LogP contribution in [0.5, 0.6) is 5.75 Å². The van der Waals surface area contributed by atoms with Crippen LogP contribution in [-0.2, 0) is 6.54 Å². The molecule has 0 fully saturated rings. The van der Waals surface area contributed by atoms with Crippen molar-refractivity contribution in [1.82, 2.24) is 5.32 Å². The number of halogens is 1. The zero-order valence-electron chi connectivity index (χ0n) is 12.7. The summed E-state index contributed by atoms with van der Waals surface area (Å²) >= 11 is 3.49. The van der Waals surface area contributed by atoms with E-state index < -0.39 is 0 Å². The molecule has 0 saturated heterocycles. The van der Waals surface area contributed by atoms with Crippen molar-refractivity contribution in [2.45, 2.75) is 26.8 Å². The molecule has 0 atom stereocenters. The van der Waals surface area contributed by atoms with Crippen LogP contribution in [0.4, 0.5) is 0 Å². The first-order valence-corrected chi connectivity index (χ1v) is 8.10. The molecule has 0 aliphatic carbocycles. The molecule has 2 rings (SSSR count). The average Bonchev–Trinajstić information content (AvgIpc) is 2.45. The van der Waals surface area contributed by atoms with E-state index in [0.29, 0.717) is 0 Å². The summed E-state index contributed by atoms with van der Waals surface area (Å²) in [6, 6.07) is 14.6. The van der Waals surface area contributed by atoms with E-state index in [-0.39, 0.29) is 0 Å². The van der Waals surface area contributed by atoms with Gasteiger partial charge in [-0.15, -0.1) is 0 Å². The number of nitrogens with one attached hydrogen (secondary N) is 1. The summed E-state index contributed by atoms with van der Waals surface area (Å²) in [6.45, 7) is 6.78. The topological polar surface area (TPSA) is 21.3 Å².